The smallest absolute Gasteiger partial charge is 0.321 e. The van der Waals surface area contributed by atoms with E-state index < -0.39 is 16.4 Å². The van der Waals surface area contributed by atoms with Gasteiger partial charge in [0.1, 0.15) is 0 Å². The first-order valence-corrected chi connectivity index (χ1v) is 3.32. The molecule has 1 atom stereocenters. The lowest BCUT2D eigenvalue weighted by atomic mass is 10.3. The number of aliphatic hydroxyl groups is 1. The summed E-state index contributed by atoms with van der Waals surface area (Å²) in [5.41, 5.74) is 0. The van der Waals surface area contributed by atoms with Gasteiger partial charge in [-0.1, -0.05) is 0 Å². The van der Waals surface area contributed by atoms with Crippen molar-refractivity contribution in [1.29, 1.82) is 0 Å². The molecule has 1 aliphatic rings. The summed E-state index contributed by atoms with van der Waals surface area (Å²) in [6, 6.07) is -0.589. The molecule has 0 aromatic rings. The molecule has 0 aromatic heterocycles. The Kier molecular flexibility index (Phi) is 1.65. The van der Waals surface area contributed by atoms with Gasteiger partial charge in [-0.2, -0.15) is 0 Å². The van der Waals surface area contributed by atoms with Gasteiger partial charge < -0.3 is 10.4 Å². The number of imide groups is 1. The fraction of sp³-hybridized carbons (Fsp3) is 0.500. The first kappa shape index (κ1) is 7.49. The molecular formula is C4H5BrN2O3. The molecule has 1 saturated heterocycles. The zero-order chi connectivity index (χ0) is 7.78. The molecule has 1 rings (SSSR count). The van der Waals surface area contributed by atoms with Crippen molar-refractivity contribution in [3.05, 3.63) is 0 Å². The zero-order valence-corrected chi connectivity index (χ0v) is 6.43. The van der Waals surface area contributed by atoms with E-state index in [0.29, 0.717) is 0 Å². The number of β-amino-alcohol motifs (C(OH)–C–C–N with tert-alkyl or cyclic N) is 1. The van der Waals surface area contributed by atoms with Crippen LogP contribution in [0, 0.1) is 0 Å². The third-order valence-corrected chi connectivity index (χ3v) is 1.70. The second-order valence-corrected chi connectivity index (χ2v) is 3.21. The highest BCUT2D eigenvalue weighted by Crippen LogP contribution is 2.14. The van der Waals surface area contributed by atoms with E-state index in [2.05, 4.69) is 21.2 Å². The summed E-state index contributed by atoms with van der Waals surface area (Å²) in [7, 11) is 0. The third-order valence-electron chi connectivity index (χ3n) is 1.06. The van der Waals surface area contributed by atoms with Crippen LogP contribution in [0.15, 0.2) is 0 Å². The third kappa shape index (κ3) is 1.27. The minimum absolute atomic E-state index is 0.113. The number of carbonyl (C=O) groups is 2. The molecule has 5 nitrogen and oxygen atoms in total. The van der Waals surface area contributed by atoms with Gasteiger partial charge >= 0.3 is 6.03 Å². The van der Waals surface area contributed by atoms with Crippen molar-refractivity contribution in [3.63, 3.8) is 0 Å². The van der Waals surface area contributed by atoms with Gasteiger partial charge in [-0.05, 0) is 15.9 Å². The number of rotatable bonds is 0. The first-order chi connectivity index (χ1) is 4.52. The van der Waals surface area contributed by atoms with Gasteiger partial charge in [0.15, 0.2) is 0 Å². The van der Waals surface area contributed by atoms with Gasteiger partial charge in [-0.15, -0.1) is 0 Å². The average molecular weight is 209 g/mol. The van der Waals surface area contributed by atoms with Gasteiger partial charge in [-0.25, -0.2) is 4.79 Å². The minimum Gasteiger partial charge on any atom is -0.369 e. The number of hydrogen-bond donors (Lipinski definition) is 3. The Morgan fingerprint density at radius 1 is 1.60 bits per heavy atom. The van der Waals surface area contributed by atoms with Crippen LogP contribution in [0.4, 0.5) is 4.79 Å². The summed E-state index contributed by atoms with van der Waals surface area (Å²) in [4.78, 5) is 21.0. The van der Waals surface area contributed by atoms with Crippen molar-refractivity contribution >= 4 is 27.9 Å². The highest BCUT2D eigenvalue weighted by Gasteiger charge is 2.37. The number of nitrogens with one attached hydrogen (secondary N) is 2. The molecule has 0 bridgehead atoms. The SMILES string of the molecule is O=C1NCC(O)(Br)C(=O)N1. The Labute approximate surface area is 64.9 Å². The standard InChI is InChI=1S/C4H5BrN2O3/c5-4(10)1-6-3(9)7-2(4)8/h10H,1H2,(H2,6,7,8,9). The maximum absolute atomic E-state index is 10.7. The summed E-state index contributed by atoms with van der Waals surface area (Å²) in [5, 5.41) is 13.2. The van der Waals surface area contributed by atoms with Crippen LogP contribution in [0.3, 0.4) is 0 Å². The minimum atomic E-state index is -1.65. The Bertz CT molecular complexity index is 191. The molecule has 10 heavy (non-hydrogen) atoms. The number of amides is 3. The molecule has 0 aromatic carbocycles. The van der Waals surface area contributed by atoms with Crippen molar-refractivity contribution < 1.29 is 14.7 Å². The molecule has 1 fully saturated rings. The van der Waals surface area contributed by atoms with Crippen LogP contribution in [-0.4, -0.2) is 28.1 Å². The fourth-order valence-electron chi connectivity index (χ4n) is 0.521. The van der Waals surface area contributed by atoms with Gasteiger partial charge in [0, 0.05) is 0 Å². The lowest BCUT2D eigenvalue weighted by Gasteiger charge is -2.24. The summed E-state index contributed by atoms with van der Waals surface area (Å²) in [5.74, 6) is -0.740. The van der Waals surface area contributed by atoms with Crippen LogP contribution in [0.2, 0.25) is 0 Å². The Morgan fingerprint density at radius 2 is 2.20 bits per heavy atom. The van der Waals surface area contributed by atoms with Gasteiger partial charge in [0.05, 0.1) is 6.54 Å². The molecule has 1 aliphatic heterocycles. The van der Waals surface area contributed by atoms with Crippen molar-refractivity contribution in [1.82, 2.24) is 10.6 Å². The highest BCUT2D eigenvalue weighted by molar-refractivity contribution is 9.10. The van der Waals surface area contributed by atoms with E-state index >= 15 is 0 Å². The van der Waals surface area contributed by atoms with Crippen molar-refractivity contribution in [3.8, 4) is 0 Å². The maximum atomic E-state index is 10.7. The van der Waals surface area contributed by atoms with Crippen molar-refractivity contribution in [2.24, 2.45) is 0 Å². The largest absolute Gasteiger partial charge is 0.369 e. The second kappa shape index (κ2) is 2.21. The van der Waals surface area contributed by atoms with E-state index in [1.165, 1.54) is 0 Å². The molecule has 0 radical (unpaired) electrons. The molecule has 1 heterocycles. The Morgan fingerprint density at radius 3 is 2.60 bits per heavy atom. The normalized spacial score (nSPS) is 33.0. The number of halogens is 1. The van der Waals surface area contributed by atoms with Gasteiger partial charge in [0.25, 0.3) is 5.91 Å². The van der Waals surface area contributed by atoms with E-state index in [9.17, 15) is 9.59 Å². The zero-order valence-electron chi connectivity index (χ0n) is 4.85. The van der Waals surface area contributed by atoms with Gasteiger partial charge in [0.2, 0.25) is 4.51 Å². The highest BCUT2D eigenvalue weighted by atomic mass is 79.9. The molecule has 3 amide bonds. The van der Waals surface area contributed by atoms with Crippen molar-refractivity contribution in [2.45, 2.75) is 4.51 Å². The molecule has 6 heteroatoms. The number of alkyl halides is 1. The van der Waals surface area contributed by atoms with E-state index in [4.69, 9.17) is 5.11 Å². The monoisotopic (exact) mass is 208 g/mol. The summed E-state index contributed by atoms with van der Waals surface area (Å²) < 4.78 is -1.65. The molecule has 0 saturated carbocycles. The second-order valence-electron chi connectivity index (χ2n) is 1.90. The van der Waals surface area contributed by atoms with Gasteiger partial charge in [-0.3, -0.25) is 10.1 Å². The quantitative estimate of drug-likeness (QED) is 0.443. The molecule has 3 N–H and O–H groups in total. The topological polar surface area (TPSA) is 78.4 Å². The predicted molar refractivity (Wildman–Crippen MR) is 35.4 cm³/mol. The van der Waals surface area contributed by atoms with Crippen LogP contribution in [0.25, 0.3) is 0 Å². The Hall–Kier alpha value is -0.620. The number of urea groups is 1. The van der Waals surface area contributed by atoms with E-state index in [1.54, 1.807) is 0 Å². The van der Waals surface area contributed by atoms with Crippen LogP contribution >= 0.6 is 15.9 Å². The molecular weight excluding hydrogens is 204 g/mol. The maximum Gasteiger partial charge on any atom is 0.321 e. The van der Waals surface area contributed by atoms with Crippen LogP contribution < -0.4 is 10.6 Å². The van der Waals surface area contributed by atoms with E-state index in [-0.39, 0.29) is 6.54 Å². The fourth-order valence-corrected chi connectivity index (χ4v) is 0.760. The predicted octanol–water partition coefficient (Wildman–Crippen LogP) is -1.09. The van der Waals surface area contributed by atoms with E-state index in [1.807, 2.05) is 5.32 Å². The number of carbonyl (C=O) groups excluding carboxylic acids is 2. The lowest BCUT2D eigenvalue weighted by Crippen LogP contribution is -2.60. The summed E-state index contributed by atoms with van der Waals surface area (Å²) in [6.07, 6.45) is 0. The van der Waals surface area contributed by atoms with Crippen LogP contribution in [-0.2, 0) is 4.79 Å². The molecule has 1 unspecified atom stereocenters. The van der Waals surface area contributed by atoms with Crippen LogP contribution in [0.1, 0.15) is 0 Å². The average Bonchev–Trinajstić information content (AvgIpc) is 1.81. The Balaban J connectivity index is 2.70. The molecule has 0 spiro atoms. The molecule has 56 valence electrons. The van der Waals surface area contributed by atoms with E-state index in [0.717, 1.165) is 0 Å². The summed E-state index contributed by atoms with van der Waals surface area (Å²) >= 11 is 2.71. The van der Waals surface area contributed by atoms with Crippen molar-refractivity contribution in [2.75, 3.05) is 6.54 Å². The first-order valence-electron chi connectivity index (χ1n) is 2.53. The number of hydrogen-bond acceptors (Lipinski definition) is 3. The molecule has 0 aliphatic carbocycles. The van der Waals surface area contributed by atoms with Crippen LogP contribution in [0.5, 0.6) is 0 Å². The summed E-state index contributed by atoms with van der Waals surface area (Å²) in [6.45, 7) is -0.113. The lowest BCUT2D eigenvalue weighted by molar-refractivity contribution is -0.130.